The van der Waals surface area contributed by atoms with Crippen LogP contribution in [0.15, 0.2) is 34.9 Å². The minimum Gasteiger partial charge on any atom is -0.453 e. The predicted molar refractivity (Wildman–Crippen MR) is 81.4 cm³/mol. The molecular formula is C14H10ClN5O. The van der Waals surface area contributed by atoms with E-state index in [0.717, 1.165) is 10.8 Å². The molecule has 0 unspecified atom stereocenters. The Morgan fingerprint density at radius 3 is 3.00 bits per heavy atom. The summed E-state index contributed by atoms with van der Waals surface area (Å²) in [6.07, 6.45) is 1.68. The van der Waals surface area contributed by atoms with Gasteiger partial charge in [-0.25, -0.2) is 4.98 Å². The molecule has 0 fully saturated rings. The van der Waals surface area contributed by atoms with Gasteiger partial charge in [0.25, 0.3) is 0 Å². The first-order valence-corrected chi connectivity index (χ1v) is 6.71. The predicted octanol–water partition coefficient (Wildman–Crippen LogP) is 3.46. The van der Waals surface area contributed by atoms with Gasteiger partial charge < -0.3 is 9.73 Å². The lowest BCUT2D eigenvalue weighted by atomic mass is 10.2. The first kappa shape index (κ1) is 12.2. The third-order valence-electron chi connectivity index (χ3n) is 3.26. The van der Waals surface area contributed by atoms with E-state index in [1.165, 1.54) is 0 Å². The van der Waals surface area contributed by atoms with E-state index in [2.05, 4.69) is 25.5 Å². The maximum atomic E-state index is 6.16. The first-order valence-electron chi connectivity index (χ1n) is 6.33. The fraction of sp³-hybridized carbons (Fsp3) is 0.0714. The Labute approximate surface area is 124 Å². The Hall–Kier alpha value is -2.60. The molecule has 0 atom stereocenters. The molecule has 104 valence electrons. The number of benzene rings is 1. The van der Waals surface area contributed by atoms with E-state index in [9.17, 15) is 0 Å². The highest BCUT2D eigenvalue weighted by atomic mass is 35.5. The Morgan fingerprint density at radius 2 is 2.19 bits per heavy atom. The highest BCUT2D eigenvalue weighted by molar-refractivity contribution is 6.34. The van der Waals surface area contributed by atoms with Gasteiger partial charge in [0.05, 0.1) is 16.6 Å². The second kappa shape index (κ2) is 4.46. The van der Waals surface area contributed by atoms with E-state index in [1.807, 2.05) is 18.2 Å². The number of fused-ring (bicyclic) bond motifs is 2. The molecule has 4 rings (SSSR count). The minimum absolute atomic E-state index is 0.494. The van der Waals surface area contributed by atoms with Gasteiger partial charge in [-0.05, 0) is 12.1 Å². The van der Waals surface area contributed by atoms with Crippen LogP contribution in [0, 0.1) is 0 Å². The Kier molecular flexibility index (Phi) is 2.58. The number of anilines is 1. The summed E-state index contributed by atoms with van der Waals surface area (Å²) in [6.45, 7) is 0. The Balaban J connectivity index is 2.03. The molecule has 21 heavy (non-hydrogen) atoms. The average Bonchev–Trinajstić information content (AvgIpc) is 3.13. The van der Waals surface area contributed by atoms with Crippen molar-refractivity contribution in [2.75, 3.05) is 12.4 Å². The van der Waals surface area contributed by atoms with Gasteiger partial charge in [0.1, 0.15) is 5.69 Å². The van der Waals surface area contributed by atoms with Gasteiger partial charge in [-0.2, -0.15) is 10.1 Å². The smallest absolute Gasteiger partial charge is 0.225 e. The third-order valence-corrected chi connectivity index (χ3v) is 3.56. The number of hydrogen-bond acceptors (Lipinski definition) is 5. The standard InChI is InChI=1S/C14H10ClN5O/c1-16-14-18-11(8-6-17-20-13(8)19-14)10-5-7-3-2-4-9(15)12(7)21-10/h2-6H,1H3,(H2,16,17,18,19,20). The molecule has 0 aliphatic heterocycles. The SMILES string of the molecule is CNc1nc(-c2cc3cccc(Cl)c3o2)c2cn[nH]c2n1. The molecule has 3 heterocycles. The summed E-state index contributed by atoms with van der Waals surface area (Å²) < 4.78 is 5.87. The van der Waals surface area contributed by atoms with Crippen molar-refractivity contribution in [1.82, 2.24) is 20.2 Å². The Morgan fingerprint density at radius 1 is 1.29 bits per heavy atom. The van der Waals surface area contributed by atoms with Gasteiger partial charge in [0, 0.05) is 12.4 Å². The van der Waals surface area contributed by atoms with Gasteiger partial charge in [-0.15, -0.1) is 0 Å². The van der Waals surface area contributed by atoms with Gasteiger partial charge in [-0.3, -0.25) is 5.10 Å². The summed E-state index contributed by atoms with van der Waals surface area (Å²) in [5.41, 5.74) is 1.97. The van der Waals surface area contributed by atoms with Crippen molar-refractivity contribution in [3.05, 3.63) is 35.5 Å². The van der Waals surface area contributed by atoms with Gasteiger partial charge in [0.15, 0.2) is 17.0 Å². The van der Waals surface area contributed by atoms with Crippen LogP contribution in [-0.2, 0) is 0 Å². The fourth-order valence-corrected chi connectivity index (χ4v) is 2.50. The molecule has 3 aromatic heterocycles. The van der Waals surface area contributed by atoms with Crippen LogP contribution in [0.1, 0.15) is 0 Å². The van der Waals surface area contributed by atoms with Crippen LogP contribution >= 0.6 is 11.6 Å². The van der Waals surface area contributed by atoms with Crippen molar-refractivity contribution in [2.24, 2.45) is 0 Å². The minimum atomic E-state index is 0.494. The van der Waals surface area contributed by atoms with Crippen LogP contribution in [-0.4, -0.2) is 27.2 Å². The number of nitrogens with one attached hydrogen (secondary N) is 2. The normalized spacial score (nSPS) is 11.3. The zero-order valence-corrected chi connectivity index (χ0v) is 11.8. The Bertz CT molecular complexity index is 958. The molecule has 7 heteroatoms. The van der Waals surface area contributed by atoms with E-state index in [4.69, 9.17) is 16.0 Å². The lowest BCUT2D eigenvalue weighted by Crippen LogP contribution is -1.98. The number of aromatic nitrogens is 4. The third kappa shape index (κ3) is 1.84. The number of rotatable bonds is 2. The number of furan rings is 1. The number of halogens is 1. The van der Waals surface area contributed by atoms with Crippen LogP contribution in [0.5, 0.6) is 0 Å². The number of nitrogens with zero attached hydrogens (tertiary/aromatic N) is 3. The molecule has 0 saturated heterocycles. The van der Waals surface area contributed by atoms with Crippen LogP contribution in [0.3, 0.4) is 0 Å². The second-order valence-electron chi connectivity index (χ2n) is 4.55. The fourth-order valence-electron chi connectivity index (χ4n) is 2.28. The second-order valence-corrected chi connectivity index (χ2v) is 4.95. The van der Waals surface area contributed by atoms with E-state index in [1.54, 1.807) is 19.3 Å². The van der Waals surface area contributed by atoms with Gasteiger partial charge in [-0.1, -0.05) is 23.7 Å². The molecule has 0 bridgehead atoms. The summed E-state index contributed by atoms with van der Waals surface area (Å²) in [6, 6.07) is 7.54. The van der Waals surface area contributed by atoms with Crippen LogP contribution in [0.2, 0.25) is 5.02 Å². The van der Waals surface area contributed by atoms with Crippen molar-refractivity contribution in [1.29, 1.82) is 0 Å². The summed E-state index contributed by atoms with van der Waals surface area (Å²) in [5, 5.41) is 12.1. The van der Waals surface area contributed by atoms with Crippen LogP contribution in [0.4, 0.5) is 5.95 Å². The van der Waals surface area contributed by atoms with Gasteiger partial charge >= 0.3 is 0 Å². The zero-order valence-electron chi connectivity index (χ0n) is 11.0. The van der Waals surface area contributed by atoms with Crippen molar-refractivity contribution >= 4 is 39.6 Å². The van der Waals surface area contributed by atoms with Crippen LogP contribution < -0.4 is 5.32 Å². The van der Waals surface area contributed by atoms with E-state index in [0.29, 0.717) is 33.7 Å². The largest absolute Gasteiger partial charge is 0.453 e. The number of H-pyrrole nitrogens is 1. The summed E-state index contributed by atoms with van der Waals surface area (Å²) in [4.78, 5) is 8.77. The summed E-state index contributed by atoms with van der Waals surface area (Å²) in [5.74, 6) is 1.12. The van der Waals surface area contributed by atoms with Gasteiger partial charge in [0.2, 0.25) is 5.95 Å². The van der Waals surface area contributed by atoms with Crippen LogP contribution in [0.25, 0.3) is 33.5 Å². The molecule has 1 aromatic carbocycles. The average molecular weight is 300 g/mol. The molecule has 0 saturated carbocycles. The summed E-state index contributed by atoms with van der Waals surface area (Å²) >= 11 is 6.16. The molecule has 0 spiro atoms. The monoisotopic (exact) mass is 299 g/mol. The number of hydrogen-bond donors (Lipinski definition) is 2. The van der Waals surface area contributed by atoms with Crippen molar-refractivity contribution in [3.63, 3.8) is 0 Å². The molecule has 0 radical (unpaired) electrons. The quantitative estimate of drug-likeness (QED) is 0.592. The van der Waals surface area contributed by atoms with Crippen molar-refractivity contribution < 1.29 is 4.42 Å². The lowest BCUT2D eigenvalue weighted by molar-refractivity contribution is 0.629. The summed E-state index contributed by atoms with van der Waals surface area (Å²) in [7, 11) is 1.76. The highest BCUT2D eigenvalue weighted by Gasteiger charge is 2.16. The molecule has 4 aromatic rings. The molecule has 0 amide bonds. The molecule has 6 nitrogen and oxygen atoms in total. The number of para-hydroxylation sites is 1. The molecule has 2 N–H and O–H groups in total. The first-order chi connectivity index (χ1) is 10.3. The number of aromatic amines is 1. The van der Waals surface area contributed by atoms with Crippen molar-refractivity contribution in [3.8, 4) is 11.5 Å². The maximum absolute atomic E-state index is 6.16. The van der Waals surface area contributed by atoms with E-state index < -0.39 is 0 Å². The highest BCUT2D eigenvalue weighted by Crippen LogP contribution is 2.34. The van der Waals surface area contributed by atoms with E-state index in [-0.39, 0.29) is 0 Å². The topological polar surface area (TPSA) is 79.6 Å². The van der Waals surface area contributed by atoms with Crippen molar-refractivity contribution in [2.45, 2.75) is 0 Å². The molecule has 0 aliphatic rings. The molecule has 0 aliphatic carbocycles. The lowest BCUT2D eigenvalue weighted by Gasteiger charge is -2.02. The zero-order chi connectivity index (χ0) is 14.4. The molecular weight excluding hydrogens is 290 g/mol. The van der Waals surface area contributed by atoms with E-state index >= 15 is 0 Å². The maximum Gasteiger partial charge on any atom is 0.225 e.